The van der Waals surface area contributed by atoms with Crippen molar-refractivity contribution in [1.82, 2.24) is 4.98 Å². The van der Waals surface area contributed by atoms with E-state index in [1.54, 1.807) is 26.6 Å². The zero-order valence-electron chi connectivity index (χ0n) is 15.8. The number of nitrogens with zero attached hydrogens (tertiary/aromatic N) is 2. The van der Waals surface area contributed by atoms with Gasteiger partial charge in [-0.1, -0.05) is 23.8 Å². The summed E-state index contributed by atoms with van der Waals surface area (Å²) in [6.45, 7) is 4.09. The average molecular weight is 359 g/mol. The molecule has 0 amide bonds. The smallest absolute Gasteiger partial charge is 0.161 e. The van der Waals surface area contributed by atoms with Gasteiger partial charge in [-0.2, -0.15) is 5.26 Å². The van der Waals surface area contributed by atoms with Crippen molar-refractivity contribution < 1.29 is 9.47 Å². The van der Waals surface area contributed by atoms with Crippen molar-refractivity contribution in [2.75, 3.05) is 19.5 Å². The largest absolute Gasteiger partial charge is 0.493 e. The molecule has 0 unspecified atom stereocenters. The van der Waals surface area contributed by atoms with E-state index in [1.165, 1.54) is 5.56 Å². The normalized spacial score (nSPS) is 10.2. The van der Waals surface area contributed by atoms with Crippen molar-refractivity contribution in [3.8, 4) is 28.7 Å². The standard InChI is InChI=1S/C22H21N3O2/c1-14-5-7-19(15(2)9-14)25-22-17(11-23)12-24-13-18(22)16-6-8-20(26-3)21(10-16)27-4/h5-10,12-13H,1-4H3,(H,24,25). The fraction of sp³-hybridized carbons (Fsp3) is 0.182. The Morgan fingerprint density at radius 2 is 1.74 bits per heavy atom. The fourth-order valence-electron chi connectivity index (χ4n) is 2.99. The van der Waals surface area contributed by atoms with Gasteiger partial charge in [0.25, 0.3) is 0 Å². The summed E-state index contributed by atoms with van der Waals surface area (Å²) in [5, 5.41) is 13.0. The first-order chi connectivity index (χ1) is 13.1. The van der Waals surface area contributed by atoms with Gasteiger partial charge >= 0.3 is 0 Å². The van der Waals surface area contributed by atoms with E-state index in [-0.39, 0.29) is 0 Å². The Morgan fingerprint density at radius 3 is 2.41 bits per heavy atom. The molecule has 0 radical (unpaired) electrons. The van der Waals surface area contributed by atoms with Crippen LogP contribution < -0.4 is 14.8 Å². The number of ether oxygens (including phenoxy) is 2. The van der Waals surface area contributed by atoms with Crippen LogP contribution in [-0.2, 0) is 0 Å². The lowest BCUT2D eigenvalue weighted by atomic mass is 10.0. The number of rotatable bonds is 5. The molecule has 0 fully saturated rings. The quantitative estimate of drug-likeness (QED) is 0.694. The first-order valence-electron chi connectivity index (χ1n) is 8.52. The van der Waals surface area contributed by atoms with Gasteiger partial charge in [0.15, 0.2) is 11.5 Å². The number of nitrogens with one attached hydrogen (secondary N) is 1. The Hall–Kier alpha value is -3.52. The number of hydrogen-bond acceptors (Lipinski definition) is 5. The topological polar surface area (TPSA) is 67.2 Å². The summed E-state index contributed by atoms with van der Waals surface area (Å²) in [6.07, 6.45) is 3.31. The minimum Gasteiger partial charge on any atom is -0.493 e. The number of anilines is 2. The van der Waals surface area contributed by atoms with Crippen molar-refractivity contribution in [2.24, 2.45) is 0 Å². The van der Waals surface area contributed by atoms with Crippen LogP contribution in [0.5, 0.6) is 11.5 Å². The molecule has 0 saturated heterocycles. The number of nitriles is 1. The van der Waals surface area contributed by atoms with Crippen molar-refractivity contribution >= 4 is 11.4 Å². The summed E-state index contributed by atoms with van der Waals surface area (Å²) in [7, 11) is 3.20. The van der Waals surface area contributed by atoms with Gasteiger partial charge in [-0.05, 0) is 43.2 Å². The molecule has 0 aliphatic rings. The van der Waals surface area contributed by atoms with E-state index in [0.29, 0.717) is 22.7 Å². The lowest BCUT2D eigenvalue weighted by molar-refractivity contribution is 0.355. The number of benzene rings is 2. The zero-order chi connectivity index (χ0) is 19.4. The van der Waals surface area contributed by atoms with Crippen molar-refractivity contribution in [1.29, 1.82) is 5.26 Å². The molecule has 1 aromatic heterocycles. The highest BCUT2D eigenvalue weighted by Gasteiger charge is 2.14. The molecular formula is C22H21N3O2. The van der Waals surface area contributed by atoms with Crippen molar-refractivity contribution in [3.05, 3.63) is 65.5 Å². The van der Waals surface area contributed by atoms with Crippen LogP contribution in [-0.4, -0.2) is 19.2 Å². The zero-order valence-corrected chi connectivity index (χ0v) is 15.8. The van der Waals surface area contributed by atoms with E-state index < -0.39 is 0 Å². The Morgan fingerprint density at radius 1 is 0.963 bits per heavy atom. The molecule has 5 heteroatoms. The fourth-order valence-corrected chi connectivity index (χ4v) is 2.99. The second kappa shape index (κ2) is 7.79. The molecule has 3 rings (SSSR count). The molecule has 0 aliphatic heterocycles. The molecule has 2 aromatic carbocycles. The van der Waals surface area contributed by atoms with E-state index in [0.717, 1.165) is 22.4 Å². The average Bonchev–Trinajstić information content (AvgIpc) is 2.69. The predicted molar refractivity (Wildman–Crippen MR) is 107 cm³/mol. The molecule has 3 aromatic rings. The van der Waals surface area contributed by atoms with Gasteiger partial charge in [-0.15, -0.1) is 0 Å². The lowest BCUT2D eigenvalue weighted by Gasteiger charge is -2.16. The number of aryl methyl sites for hydroxylation is 2. The SMILES string of the molecule is COc1ccc(-c2cncc(C#N)c2Nc2ccc(C)cc2C)cc1OC. The van der Waals surface area contributed by atoms with E-state index in [2.05, 4.69) is 29.4 Å². The maximum absolute atomic E-state index is 9.59. The molecule has 136 valence electrons. The molecule has 1 N–H and O–H groups in total. The first-order valence-corrected chi connectivity index (χ1v) is 8.52. The first kappa shape index (κ1) is 18.3. The minimum atomic E-state index is 0.474. The molecule has 0 atom stereocenters. The molecule has 5 nitrogen and oxygen atoms in total. The number of aromatic nitrogens is 1. The predicted octanol–water partition coefficient (Wildman–Crippen LogP) is 5.00. The van der Waals surface area contributed by atoms with Gasteiger partial charge in [-0.3, -0.25) is 4.98 Å². The van der Waals surface area contributed by atoms with Gasteiger partial charge in [-0.25, -0.2) is 0 Å². The van der Waals surface area contributed by atoms with Crippen LogP contribution >= 0.6 is 0 Å². The molecule has 0 spiro atoms. The number of methoxy groups -OCH3 is 2. The van der Waals surface area contributed by atoms with E-state index in [1.807, 2.05) is 37.3 Å². The van der Waals surface area contributed by atoms with Gasteiger partial charge in [0.05, 0.1) is 25.5 Å². The Bertz CT molecular complexity index is 1020. The molecule has 27 heavy (non-hydrogen) atoms. The van der Waals surface area contributed by atoms with E-state index >= 15 is 0 Å². The van der Waals surface area contributed by atoms with E-state index in [9.17, 15) is 5.26 Å². The highest BCUT2D eigenvalue weighted by atomic mass is 16.5. The molecule has 1 heterocycles. The van der Waals surface area contributed by atoms with Crippen LogP contribution in [0.2, 0.25) is 0 Å². The van der Waals surface area contributed by atoms with Crippen molar-refractivity contribution in [3.63, 3.8) is 0 Å². The Labute approximate surface area is 159 Å². The lowest BCUT2D eigenvalue weighted by Crippen LogP contribution is -2.00. The van der Waals surface area contributed by atoms with Crippen LogP contribution in [0.1, 0.15) is 16.7 Å². The van der Waals surface area contributed by atoms with Gasteiger partial charge < -0.3 is 14.8 Å². The van der Waals surface area contributed by atoms with Gasteiger partial charge in [0.2, 0.25) is 0 Å². The highest BCUT2D eigenvalue weighted by molar-refractivity contribution is 5.85. The molecule has 0 aliphatic carbocycles. The Balaban J connectivity index is 2.13. The van der Waals surface area contributed by atoms with Crippen molar-refractivity contribution in [2.45, 2.75) is 13.8 Å². The second-order valence-corrected chi connectivity index (χ2v) is 6.23. The summed E-state index contributed by atoms with van der Waals surface area (Å²) in [6, 6.07) is 14.0. The Kier molecular flexibility index (Phi) is 5.28. The van der Waals surface area contributed by atoms with Crippen LogP contribution in [0.3, 0.4) is 0 Å². The third kappa shape index (κ3) is 3.70. The summed E-state index contributed by atoms with van der Waals surface area (Å²) in [5.74, 6) is 1.27. The van der Waals surface area contributed by atoms with Crippen LogP contribution in [0, 0.1) is 25.2 Å². The number of hydrogen-bond donors (Lipinski definition) is 1. The maximum atomic E-state index is 9.59. The van der Waals surface area contributed by atoms with Crippen LogP contribution in [0.15, 0.2) is 48.8 Å². The minimum absolute atomic E-state index is 0.474. The molecule has 0 saturated carbocycles. The monoisotopic (exact) mass is 359 g/mol. The highest BCUT2D eigenvalue weighted by Crippen LogP contribution is 2.37. The molecular weight excluding hydrogens is 338 g/mol. The summed E-state index contributed by atoms with van der Waals surface area (Å²) >= 11 is 0. The van der Waals surface area contributed by atoms with Crippen LogP contribution in [0.4, 0.5) is 11.4 Å². The summed E-state index contributed by atoms with van der Waals surface area (Å²) in [4.78, 5) is 4.23. The van der Waals surface area contributed by atoms with Gasteiger partial charge in [0.1, 0.15) is 6.07 Å². The summed E-state index contributed by atoms with van der Waals surface area (Å²) in [5.41, 5.74) is 6.13. The maximum Gasteiger partial charge on any atom is 0.161 e. The number of pyridine rings is 1. The summed E-state index contributed by atoms with van der Waals surface area (Å²) < 4.78 is 10.7. The second-order valence-electron chi connectivity index (χ2n) is 6.23. The van der Waals surface area contributed by atoms with E-state index in [4.69, 9.17) is 9.47 Å². The molecule has 0 bridgehead atoms. The third-order valence-electron chi connectivity index (χ3n) is 4.40. The van der Waals surface area contributed by atoms with Gasteiger partial charge in [0, 0.05) is 23.6 Å². The van der Waals surface area contributed by atoms with Crippen LogP contribution in [0.25, 0.3) is 11.1 Å². The third-order valence-corrected chi connectivity index (χ3v) is 4.40.